The number of carbonyl (C=O) groups is 1. The maximum atomic E-state index is 12.6. The lowest BCUT2D eigenvalue weighted by atomic mass is 10.1. The first kappa shape index (κ1) is 17.0. The highest BCUT2D eigenvalue weighted by molar-refractivity contribution is 7.84. The highest BCUT2D eigenvalue weighted by Crippen LogP contribution is 2.31. The number of hydrogen-bond donors (Lipinski definition) is 0. The molecule has 6 heteroatoms. The standard InChI is InChI=1S/C17H18O5S/c1-20-13-9-12(11-23(19)14-7-5-4-6-8-14)16(17(18)22-3)15(10-13)21-2/h4-10H,11H2,1-3H3. The second-order valence-corrected chi connectivity index (χ2v) is 6.11. The van der Waals surface area contributed by atoms with Crippen LogP contribution in [0.3, 0.4) is 0 Å². The minimum absolute atomic E-state index is 0.155. The minimum Gasteiger partial charge on any atom is -0.497 e. The third kappa shape index (κ3) is 3.90. The number of benzene rings is 2. The fourth-order valence-electron chi connectivity index (χ4n) is 2.17. The molecular weight excluding hydrogens is 316 g/mol. The molecule has 0 fully saturated rings. The molecule has 1 atom stereocenters. The largest absolute Gasteiger partial charge is 0.497 e. The van der Waals surface area contributed by atoms with Crippen molar-refractivity contribution in [2.24, 2.45) is 0 Å². The quantitative estimate of drug-likeness (QED) is 0.760. The fraction of sp³-hybridized carbons (Fsp3) is 0.235. The first-order valence-electron chi connectivity index (χ1n) is 6.87. The Morgan fingerprint density at radius 2 is 1.74 bits per heavy atom. The number of esters is 1. The van der Waals surface area contributed by atoms with Crippen LogP contribution < -0.4 is 9.47 Å². The second-order valence-electron chi connectivity index (χ2n) is 4.66. The third-order valence-electron chi connectivity index (χ3n) is 3.30. The molecule has 0 amide bonds. The Morgan fingerprint density at radius 3 is 2.30 bits per heavy atom. The van der Waals surface area contributed by atoms with E-state index in [4.69, 9.17) is 14.2 Å². The lowest BCUT2D eigenvalue weighted by Crippen LogP contribution is -2.10. The monoisotopic (exact) mass is 334 g/mol. The van der Waals surface area contributed by atoms with E-state index in [1.165, 1.54) is 21.3 Å². The Hall–Kier alpha value is -2.34. The zero-order valence-electron chi connectivity index (χ0n) is 13.2. The highest BCUT2D eigenvalue weighted by atomic mass is 32.2. The summed E-state index contributed by atoms with van der Waals surface area (Å²) in [5, 5.41) is 0. The van der Waals surface area contributed by atoms with Gasteiger partial charge in [-0.15, -0.1) is 0 Å². The van der Waals surface area contributed by atoms with E-state index in [1.54, 1.807) is 24.3 Å². The van der Waals surface area contributed by atoms with Crippen LogP contribution in [0.1, 0.15) is 15.9 Å². The Balaban J connectivity index is 2.46. The van der Waals surface area contributed by atoms with Gasteiger partial charge in [-0.3, -0.25) is 4.21 Å². The number of ether oxygens (including phenoxy) is 3. The lowest BCUT2D eigenvalue weighted by Gasteiger charge is -2.14. The van der Waals surface area contributed by atoms with Crippen LogP contribution >= 0.6 is 0 Å². The summed E-state index contributed by atoms with van der Waals surface area (Å²) < 4.78 is 27.9. The van der Waals surface area contributed by atoms with E-state index < -0.39 is 16.8 Å². The van der Waals surface area contributed by atoms with Crippen LogP contribution in [-0.2, 0) is 21.3 Å². The van der Waals surface area contributed by atoms with Gasteiger partial charge in [0.2, 0.25) is 0 Å². The molecule has 2 aromatic carbocycles. The Labute approximate surface area is 137 Å². The van der Waals surface area contributed by atoms with E-state index in [0.29, 0.717) is 22.0 Å². The van der Waals surface area contributed by atoms with E-state index >= 15 is 0 Å². The first-order chi connectivity index (χ1) is 11.1. The topological polar surface area (TPSA) is 61.8 Å². The zero-order chi connectivity index (χ0) is 16.8. The molecule has 0 aliphatic heterocycles. The van der Waals surface area contributed by atoms with Crippen molar-refractivity contribution in [3.05, 3.63) is 53.6 Å². The predicted molar refractivity (Wildman–Crippen MR) is 87.4 cm³/mol. The molecular formula is C17H18O5S. The van der Waals surface area contributed by atoms with Crippen LogP contribution in [0.15, 0.2) is 47.4 Å². The Bertz CT molecular complexity index is 712. The van der Waals surface area contributed by atoms with Crippen LogP contribution in [0.4, 0.5) is 0 Å². The summed E-state index contributed by atoms with van der Waals surface area (Å²) in [6, 6.07) is 12.3. The van der Waals surface area contributed by atoms with E-state index in [0.717, 1.165) is 0 Å². The van der Waals surface area contributed by atoms with Gasteiger partial charge in [0, 0.05) is 11.0 Å². The Kier molecular flexibility index (Phi) is 5.76. The van der Waals surface area contributed by atoms with Crippen LogP contribution in [-0.4, -0.2) is 31.5 Å². The van der Waals surface area contributed by atoms with Gasteiger partial charge >= 0.3 is 5.97 Å². The third-order valence-corrected chi connectivity index (χ3v) is 4.67. The van der Waals surface area contributed by atoms with E-state index in [2.05, 4.69) is 0 Å². The summed E-state index contributed by atoms with van der Waals surface area (Å²) >= 11 is 0. The number of carbonyl (C=O) groups excluding carboxylic acids is 1. The molecule has 1 unspecified atom stereocenters. The van der Waals surface area contributed by atoms with Crippen molar-refractivity contribution in [1.29, 1.82) is 0 Å². The van der Waals surface area contributed by atoms with Gasteiger partial charge in [0.05, 0.1) is 37.9 Å². The van der Waals surface area contributed by atoms with Gasteiger partial charge in [-0.05, 0) is 23.8 Å². The summed E-state index contributed by atoms with van der Waals surface area (Å²) in [7, 11) is 2.97. The van der Waals surface area contributed by atoms with Crippen molar-refractivity contribution in [2.45, 2.75) is 10.6 Å². The molecule has 0 aromatic heterocycles. The highest BCUT2D eigenvalue weighted by Gasteiger charge is 2.21. The van der Waals surface area contributed by atoms with Crippen LogP contribution in [0.2, 0.25) is 0 Å². The molecule has 0 spiro atoms. The summed E-state index contributed by atoms with van der Waals surface area (Å²) in [6.45, 7) is 0. The molecule has 0 aliphatic rings. The van der Waals surface area contributed by atoms with Gasteiger partial charge in [0.1, 0.15) is 17.1 Å². The number of rotatable bonds is 6. The van der Waals surface area contributed by atoms with Gasteiger partial charge in [0.15, 0.2) is 0 Å². The number of methoxy groups -OCH3 is 3. The summed E-state index contributed by atoms with van der Waals surface area (Å²) in [6.07, 6.45) is 0. The molecule has 0 saturated heterocycles. The SMILES string of the molecule is COC(=O)c1c(CS(=O)c2ccccc2)cc(OC)cc1OC. The van der Waals surface area contributed by atoms with Crippen molar-refractivity contribution in [3.8, 4) is 11.5 Å². The normalized spacial score (nSPS) is 11.6. The molecule has 0 aliphatic carbocycles. The molecule has 0 radical (unpaired) electrons. The molecule has 5 nitrogen and oxygen atoms in total. The van der Waals surface area contributed by atoms with Gasteiger partial charge in [0.25, 0.3) is 0 Å². The average Bonchev–Trinajstić information content (AvgIpc) is 2.60. The maximum absolute atomic E-state index is 12.6. The van der Waals surface area contributed by atoms with Crippen molar-refractivity contribution < 1.29 is 23.2 Å². The molecule has 0 saturated carbocycles. The maximum Gasteiger partial charge on any atom is 0.341 e. The predicted octanol–water partition coefficient (Wildman–Crippen LogP) is 2.80. The van der Waals surface area contributed by atoms with Crippen molar-refractivity contribution in [2.75, 3.05) is 21.3 Å². The average molecular weight is 334 g/mol. The van der Waals surface area contributed by atoms with Crippen LogP contribution in [0.5, 0.6) is 11.5 Å². The van der Waals surface area contributed by atoms with Crippen LogP contribution in [0.25, 0.3) is 0 Å². The minimum atomic E-state index is -1.30. The van der Waals surface area contributed by atoms with Gasteiger partial charge < -0.3 is 14.2 Å². The molecule has 2 aromatic rings. The smallest absolute Gasteiger partial charge is 0.341 e. The number of hydrogen-bond acceptors (Lipinski definition) is 5. The van der Waals surface area contributed by atoms with Gasteiger partial charge in [-0.25, -0.2) is 4.79 Å². The summed E-state index contributed by atoms with van der Waals surface area (Å²) in [4.78, 5) is 12.8. The summed E-state index contributed by atoms with van der Waals surface area (Å²) in [5.74, 6) is 0.470. The second kappa shape index (κ2) is 7.78. The first-order valence-corrected chi connectivity index (χ1v) is 8.19. The van der Waals surface area contributed by atoms with Gasteiger partial charge in [-0.1, -0.05) is 18.2 Å². The van der Waals surface area contributed by atoms with Crippen molar-refractivity contribution in [3.63, 3.8) is 0 Å². The zero-order valence-corrected chi connectivity index (χ0v) is 14.0. The van der Waals surface area contributed by atoms with Crippen LogP contribution in [0, 0.1) is 0 Å². The van der Waals surface area contributed by atoms with Gasteiger partial charge in [-0.2, -0.15) is 0 Å². The van der Waals surface area contributed by atoms with Crippen molar-refractivity contribution in [1.82, 2.24) is 0 Å². The molecule has 23 heavy (non-hydrogen) atoms. The molecule has 2 rings (SSSR count). The fourth-order valence-corrected chi connectivity index (χ4v) is 3.31. The molecule has 0 N–H and O–H groups in total. The van der Waals surface area contributed by atoms with E-state index in [1.807, 2.05) is 18.2 Å². The molecule has 0 bridgehead atoms. The molecule has 0 heterocycles. The Morgan fingerprint density at radius 1 is 1.04 bits per heavy atom. The van der Waals surface area contributed by atoms with E-state index in [9.17, 15) is 9.00 Å². The van der Waals surface area contributed by atoms with Crippen molar-refractivity contribution >= 4 is 16.8 Å². The lowest BCUT2D eigenvalue weighted by molar-refractivity contribution is 0.0596. The summed E-state index contributed by atoms with van der Waals surface area (Å²) in [5.41, 5.74) is 0.815. The van der Waals surface area contributed by atoms with E-state index in [-0.39, 0.29) is 11.3 Å². The molecule has 122 valence electrons.